The standard InChI is InChI=1S/C14H18BrN3O2/c1-19-6-7-20-5-4-17-13-3-2-12(16)11-8-10(15)9-18-14(11)13/h2-3,8-9,17H,4-7,16H2,1H3. The van der Waals surface area contributed by atoms with Gasteiger partial charge in [-0.3, -0.25) is 4.98 Å². The van der Waals surface area contributed by atoms with Gasteiger partial charge in [0.15, 0.2) is 0 Å². The van der Waals surface area contributed by atoms with Gasteiger partial charge in [-0.2, -0.15) is 0 Å². The lowest BCUT2D eigenvalue weighted by molar-refractivity contribution is 0.0759. The third-order valence-electron chi connectivity index (χ3n) is 2.84. The maximum absolute atomic E-state index is 5.98. The number of nitrogens with zero attached hydrogens (tertiary/aromatic N) is 1. The number of anilines is 2. The van der Waals surface area contributed by atoms with Crippen molar-refractivity contribution >= 4 is 38.2 Å². The number of hydrogen-bond donors (Lipinski definition) is 2. The number of nitrogen functional groups attached to an aromatic ring is 1. The van der Waals surface area contributed by atoms with Gasteiger partial charge in [-0.1, -0.05) is 0 Å². The molecule has 1 aromatic carbocycles. The van der Waals surface area contributed by atoms with Gasteiger partial charge in [0.2, 0.25) is 0 Å². The number of rotatable bonds is 7. The minimum absolute atomic E-state index is 0.603. The van der Waals surface area contributed by atoms with E-state index >= 15 is 0 Å². The summed E-state index contributed by atoms with van der Waals surface area (Å²) < 4.78 is 11.2. The predicted molar refractivity (Wildman–Crippen MR) is 85.0 cm³/mol. The van der Waals surface area contributed by atoms with E-state index in [9.17, 15) is 0 Å². The van der Waals surface area contributed by atoms with E-state index < -0.39 is 0 Å². The minimum atomic E-state index is 0.603. The second-order valence-electron chi connectivity index (χ2n) is 4.28. The summed E-state index contributed by atoms with van der Waals surface area (Å²) in [5, 5.41) is 4.25. The van der Waals surface area contributed by atoms with E-state index in [1.54, 1.807) is 13.3 Å². The highest BCUT2D eigenvalue weighted by Gasteiger charge is 2.05. The smallest absolute Gasteiger partial charge is 0.0954 e. The van der Waals surface area contributed by atoms with E-state index in [0.29, 0.717) is 26.4 Å². The third kappa shape index (κ3) is 3.82. The zero-order valence-corrected chi connectivity index (χ0v) is 12.9. The molecule has 3 N–H and O–H groups in total. The summed E-state index contributed by atoms with van der Waals surface area (Å²) in [6.45, 7) is 2.54. The molecule has 0 aliphatic heterocycles. The van der Waals surface area contributed by atoms with E-state index in [0.717, 1.165) is 26.8 Å². The molecule has 0 fully saturated rings. The van der Waals surface area contributed by atoms with Crippen molar-refractivity contribution in [3.05, 3.63) is 28.9 Å². The zero-order chi connectivity index (χ0) is 14.4. The fourth-order valence-corrected chi connectivity index (χ4v) is 2.19. The molecule has 6 heteroatoms. The van der Waals surface area contributed by atoms with Crippen molar-refractivity contribution in [1.82, 2.24) is 4.98 Å². The second kappa shape index (κ2) is 7.42. The van der Waals surface area contributed by atoms with Crippen LogP contribution in [0.2, 0.25) is 0 Å². The number of fused-ring (bicyclic) bond motifs is 1. The summed E-state index contributed by atoms with van der Waals surface area (Å²) in [7, 11) is 1.66. The lowest BCUT2D eigenvalue weighted by atomic mass is 10.1. The van der Waals surface area contributed by atoms with Gasteiger partial charge in [0, 0.05) is 35.4 Å². The molecule has 0 radical (unpaired) electrons. The van der Waals surface area contributed by atoms with Crippen molar-refractivity contribution in [1.29, 1.82) is 0 Å². The first kappa shape index (κ1) is 15.0. The van der Waals surface area contributed by atoms with Crippen LogP contribution in [0.1, 0.15) is 0 Å². The molecule has 1 heterocycles. The Bertz CT molecular complexity index is 578. The first-order valence-corrected chi connectivity index (χ1v) is 7.16. The van der Waals surface area contributed by atoms with Crippen LogP contribution in [0.3, 0.4) is 0 Å². The summed E-state index contributed by atoms with van der Waals surface area (Å²) in [5.74, 6) is 0. The Labute approximate surface area is 126 Å². The van der Waals surface area contributed by atoms with Crippen molar-refractivity contribution in [2.45, 2.75) is 0 Å². The summed E-state index contributed by atoms with van der Waals surface area (Å²) >= 11 is 3.41. The molecule has 0 amide bonds. The topological polar surface area (TPSA) is 69.4 Å². The Morgan fingerprint density at radius 1 is 1.30 bits per heavy atom. The molecule has 0 atom stereocenters. The van der Waals surface area contributed by atoms with Gasteiger partial charge in [0.25, 0.3) is 0 Å². The fourth-order valence-electron chi connectivity index (χ4n) is 1.86. The second-order valence-corrected chi connectivity index (χ2v) is 5.20. The molecule has 2 rings (SSSR count). The molecule has 0 aliphatic rings. The minimum Gasteiger partial charge on any atom is -0.398 e. The first-order chi connectivity index (χ1) is 9.72. The van der Waals surface area contributed by atoms with Crippen LogP contribution in [-0.2, 0) is 9.47 Å². The van der Waals surface area contributed by atoms with Gasteiger partial charge in [-0.25, -0.2) is 0 Å². The number of pyridine rings is 1. The molecular weight excluding hydrogens is 322 g/mol. The molecular formula is C14H18BrN3O2. The van der Waals surface area contributed by atoms with Crippen molar-refractivity contribution in [3.63, 3.8) is 0 Å². The van der Waals surface area contributed by atoms with Crippen LogP contribution in [0.25, 0.3) is 10.9 Å². The molecule has 0 bridgehead atoms. The SMILES string of the molecule is COCCOCCNc1ccc(N)c2cc(Br)cnc12. The quantitative estimate of drug-likeness (QED) is 0.599. The van der Waals surface area contributed by atoms with Crippen molar-refractivity contribution in [2.24, 2.45) is 0 Å². The maximum Gasteiger partial charge on any atom is 0.0954 e. The molecule has 0 saturated heterocycles. The van der Waals surface area contributed by atoms with E-state index in [1.807, 2.05) is 18.2 Å². The molecule has 0 unspecified atom stereocenters. The maximum atomic E-state index is 5.98. The monoisotopic (exact) mass is 339 g/mol. The highest BCUT2D eigenvalue weighted by atomic mass is 79.9. The highest BCUT2D eigenvalue weighted by Crippen LogP contribution is 2.28. The van der Waals surface area contributed by atoms with Crippen LogP contribution in [0.4, 0.5) is 11.4 Å². The molecule has 0 aliphatic carbocycles. The number of halogens is 1. The Kier molecular flexibility index (Phi) is 5.58. The lowest BCUT2D eigenvalue weighted by Crippen LogP contribution is -2.12. The fraction of sp³-hybridized carbons (Fsp3) is 0.357. The number of ether oxygens (including phenoxy) is 2. The number of benzene rings is 1. The van der Waals surface area contributed by atoms with Crippen LogP contribution in [0.5, 0.6) is 0 Å². The van der Waals surface area contributed by atoms with Gasteiger partial charge in [0.05, 0.1) is 31.0 Å². The molecule has 20 heavy (non-hydrogen) atoms. The van der Waals surface area contributed by atoms with Crippen molar-refractivity contribution in [3.8, 4) is 0 Å². The molecule has 5 nitrogen and oxygen atoms in total. The number of methoxy groups -OCH3 is 1. The summed E-state index contributed by atoms with van der Waals surface area (Å²) in [5.41, 5.74) is 8.52. The van der Waals surface area contributed by atoms with E-state index in [4.69, 9.17) is 15.2 Å². The molecule has 1 aromatic heterocycles. The van der Waals surface area contributed by atoms with E-state index in [2.05, 4.69) is 26.2 Å². The number of hydrogen-bond acceptors (Lipinski definition) is 5. The largest absolute Gasteiger partial charge is 0.398 e. The number of nitrogens with one attached hydrogen (secondary N) is 1. The van der Waals surface area contributed by atoms with Gasteiger partial charge in [-0.15, -0.1) is 0 Å². The molecule has 0 saturated carbocycles. The van der Waals surface area contributed by atoms with Gasteiger partial charge >= 0.3 is 0 Å². The zero-order valence-electron chi connectivity index (χ0n) is 11.4. The van der Waals surface area contributed by atoms with Crippen LogP contribution >= 0.6 is 15.9 Å². The Balaban J connectivity index is 2.02. The normalized spacial score (nSPS) is 10.9. The summed E-state index contributed by atoms with van der Waals surface area (Å²) in [6, 6.07) is 5.79. The lowest BCUT2D eigenvalue weighted by Gasteiger charge is -2.11. The van der Waals surface area contributed by atoms with Crippen molar-refractivity contribution in [2.75, 3.05) is 44.5 Å². The number of aromatic nitrogens is 1. The van der Waals surface area contributed by atoms with E-state index in [-0.39, 0.29) is 0 Å². The van der Waals surface area contributed by atoms with Crippen LogP contribution in [0, 0.1) is 0 Å². The van der Waals surface area contributed by atoms with Crippen molar-refractivity contribution < 1.29 is 9.47 Å². The Hall–Kier alpha value is -1.37. The van der Waals surface area contributed by atoms with Crippen LogP contribution in [-0.4, -0.2) is 38.5 Å². The molecule has 108 valence electrons. The molecule has 0 spiro atoms. The van der Waals surface area contributed by atoms with Crippen LogP contribution < -0.4 is 11.1 Å². The van der Waals surface area contributed by atoms with Gasteiger partial charge in [0.1, 0.15) is 0 Å². The summed E-state index contributed by atoms with van der Waals surface area (Å²) in [4.78, 5) is 4.42. The Morgan fingerprint density at radius 3 is 2.95 bits per heavy atom. The average molecular weight is 340 g/mol. The summed E-state index contributed by atoms with van der Waals surface area (Å²) in [6.07, 6.45) is 1.77. The molecule has 2 aromatic rings. The third-order valence-corrected chi connectivity index (χ3v) is 3.28. The highest BCUT2D eigenvalue weighted by molar-refractivity contribution is 9.10. The first-order valence-electron chi connectivity index (χ1n) is 6.36. The average Bonchev–Trinajstić information content (AvgIpc) is 2.45. The Morgan fingerprint density at radius 2 is 2.15 bits per heavy atom. The van der Waals surface area contributed by atoms with E-state index in [1.165, 1.54) is 0 Å². The predicted octanol–water partition coefficient (Wildman–Crippen LogP) is 2.65. The van der Waals surface area contributed by atoms with Gasteiger partial charge in [-0.05, 0) is 34.1 Å². The van der Waals surface area contributed by atoms with Crippen LogP contribution in [0.15, 0.2) is 28.9 Å². The van der Waals surface area contributed by atoms with Gasteiger partial charge < -0.3 is 20.5 Å². The number of nitrogens with two attached hydrogens (primary N) is 1.